The minimum absolute atomic E-state index is 0.0511. The summed E-state index contributed by atoms with van der Waals surface area (Å²) >= 11 is 0. The van der Waals surface area contributed by atoms with E-state index in [1.807, 2.05) is 0 Å². The van der Waals surface area contributed by atoms with Crippen molar-refractivity contribution in [2.75, 3.05) is 6.61 Å². The molecular weight excluding hydrogens is 372 g/mol. The summed E-state index contributed by atoms with van der Waals surface area (Å²) in [4.78, 5) is 15.5. The second-order valence-electron chi connectivity index (χ2n) is 5.69. The van der Waals surface area contributed by atoms with Gasteiger partial charge in [0.2, 0.25) is 5.89 Å². The lowest BCUT2D eigenvalue weighted by molar-refractivity contribution is -0.304. The largest absolute Gasteiger partial charge is 0.550 e. The second kappa shape index (κ2) is 8.51. The van der Waals surface area contributed by atoms with Crippen molar-refractivity contribution in [3.05, 3.63) is 53.9 Å². The third-order valence-corrected chi connectivity index (χ3v) is 3.75. The molecule has 2 aromatic carbocycles. The molecule has 3 aromatic rings. The number of hydrogen-bond donors (Lipinski definition) is 0. The predicted octanol–water partition coefficient (Wildman–Crippen LogP) is 3.51. The number of carbonyl (C=O) groups is 1. The minimum atomic E-state index is -3.08. The van der Waals surface area contributed by atoms with Crippen LogP contribution in [0.2, 0.25) is 0 Å². The molecule has 0 saturated heterocycles. The van der Waals surface area contributed by atoms with Crippen molar-refractivity contribution in [1.29, 1.82) is 0 Å². The van der Waals surface area contributed by atoms with Crippen LogP contribution >= 0.6 is 0 Å². The Kier molecular flexibility index (Phi) is 5.88. The van der Waals surface area contributed by atoms with Gasteiger partial charge < -0.3 is 23.8 Å². The molecule has 146 valence electrons. The molecule has 1 aromatic heterocycles. The van der Waals surface area contributed by atoms with Gasteiger partial charge in [0, 0.05) is 23.5 Å². The number of rotatable bonds is 8. The standard InChI is InChI=1S/C20H17F2NO5/c1-2-26-16-9-5-6-12(18(16)28-20(21)22)10-13(11-17(24)25)19-23-14-7-3-4-8-15(14)27-19/h3-10,20H,2,11H2,1H3,(H,24,25)/p-1/b13-10+. The Bertz CT molecular complexity index is 980. The number of para-hydroxylation sites is 3. The van der Waals surface area contributed by atoms with Gasteiger partial charge in [0.25, 0.3) is 0 Å². The molecule has 8 heteroatoms. The maximum absolute atomic E-state index is 12.9. The number of carboxylic acid groups (broad SMARTS) is 1. The van der Waals surface area contributed by atoms with Gasteiger partial charge in [0.1, 0.15) is 5.52 Å². The van der Waals surface area contributed by atoms with Crippen molar-refractivity contribution in [1.82, 2.24) is 4.98 Å². The lowest BCUT2D eigenvalue weighted by Crippen LogP contribution is -2.22. The summed E-state index contributed by atoms with van der Waals surface area (Å²) in [7, 11) is 0. The summed E-state index contributed by atoms with van der Waals surface area (Å²) in [5.74, 6) is -1.41. The van der Waals surface area contributed by atoms with E-state index >= 15 is 0 Å². The molecule has 0 aliphatic heterocycles. The monoisotopic (exact) mass is 388 g/mol. The minimum Gasteiger partial charge on any atom is -0.550 e. The first kappa shape index (κ1) is 19.3. The molecule has 1 heterocycles. The number of ether oxygens (including phenoxy) is 2. The van der Waals surface area contributed by atoms with Crippen LogP contribution in [0.25, 0.3) is 22.7 Å². The average Bonchev–Trinajstić information content (AvgIpc) is 3.07. The zero-order valence-electron chi connectivity index (χ0n) is 14.9. The molecule has 0 bridgehead atoms. The smallest absolute Gasteiger partial charge is 0.387 e. The Hall–Kier alpha value is -3.42. The predicted molar refractivity (Wildman–Crippen MR) is 95.7 cm³/mol. The van der Waals surface area contributed by atoms with Crippen LogP contribution in [-0.4, -0.2) is 24.2 Å². The summed E-state index contributed by atoms with van der Waals surface area (Å²) in [5.41, 5.74) is 1.34. The quantitative estimate of drug-likeness (QED) is 0.587. The zero-order chi connectivity index (χ0) is 20.1. The van der Waals surface area contributed by atoms with Crippen LogP contribution in [-0.2, 0) is 4.79 Å². The fourth-order valence-corrected chi connectivity index (χ4v) is 2.67. The molecule has 0 aliphatic carbocycles. The van der Waals surface area contributed by atoms with Gasteiger partial charge in [-0.25, -0.2) is 4.98 Å². The van der Waals surface area contributed by atoms with Gasteiger partial charge in [0.05, 0.1) is 6.61 Å². The van der Waals surface area contributed by atoms with Crippen LogP contribution < -0.4 is 14.6 Å². The van der Waals surface area contributed by atoms with Gasteiger partial charge in [-0.15, -0.1) is 0 Å². The number of halogens is 2. The number of aromatic nitrogens is 1. The number of carbonyl (C=O) groups excluding carboxylic acids is 1. The van der Waals surface area contributed by atoms with E-state index in [0.29, 0.717) is 11.1 Å². The van der Waals surface area contributed by atoms with Crippen LogP contribution in [0.4, 0.5) is 8.78 Å². The van der Waals surface area contributed by atoms with Crippen molar-refractivity contribution < 1.29 is 32.6 Å². The molecule has 0 aliphatic rings. The number of aliphatic carboxylic acids is 1. The molecule has 0 saturated carbocycles. The fraction of sp³-hybridized carbons (Fsp3) is 0.200. The molecule has 0 fully saturated rings. The highest BCUT2D eigenvalue weighted by Gasteiger charge is 2.17. The van der Waals surface area contributed by atoms with Gasteiger partial charge in [0.15, 0.2) is 17.1 Å². The second-order valence-corrected chi connectivity index (χ2v) is 5.69. The van der Waals surface area contributed by atoms with Crippen LogP contribution in [0.1, 0.15) is 24.8 Å². The zero-order valence-corrected chi connectivity index (χ0v) is 14.9. The van der Waals surface area contributed by atoms with Gasteiger partial charge in [-0.3, -0.25) is 0 Å². The first-order valence-corrected chi connectivity index (χ1v) is 8.45. The van der Waals surface area contributed by atoms with E-state index in [1.165, 1.54) is 18.2 Å². The first-order chi connectivity index (χ1) is 13.5. The Morgan fingerprint density at radius 3 is 2.71 bits per heavy atom. The highest BCUT2D eigenvalue weighted by molar-refractivity contribution is 5.91. The lowest BCUT2D eigenvalue weighted by atomic mass is 10.1. The fourth-order valence-electron chi connectivity index (χ4n) is 2.67. The molecular formula is C20H16F2NO5-. The topological polar surface area (TPSA) is 84.6 Å². The third-order valence-electron chi connectivity index (χ3n) is 3.75. The van der Waals surface area contributed by atoms with E-state index in [9.17, 15) is 18.7 Å². The SMILES string of the molecule is CCOc1cccc(/C=C(\CC(=O)[O-])c2nc3ccccc3o2)c1OC(F)F. The third kappa shape index (κ3) is 4.46. The Labute approximate surface area is 159 Å². The summed E-state index contributed by atoms with van der Waals surface area (Å²) in [6, 6.07) is 11.5. The Morgan fingerprint density at radius 1 is 1.25 bits per heavy atom. The summed E-state index contributed by atoms with van der Waals surface area (Å²) in [5, 5.41) is 11.2. The molecule has 6 nitrogen and oxygen atoms in total. The number of alkyl halides is 2. The van der Waals surface area contributed by atoms with Gasteiger partial charge in [-0.05, 0) is 31.2 Å². The maximum atomic E-state index is 12.9. The van der Waals surface area contributed by atoms with Crippen LogP contribution in [0.5, 0.6) is 11.5 Å². The van der Waals surface area contributed by atoms with Gasteiger partial charge >= 0.3 is 6.61 Å². The van der Waals surface area contributed by atoms with Crippen molar-refractivity contribution in [3.63, 3.8) is 0 Å². The number of carboxylic acids is 1. The lowest BCUT2D eigenvalue weighted by Gasteiger charge is -2.14. The molecule has 28 heavy (non-hydrogen) atoms. The van der Waals surface area contributed by atoms with Crippen LogP contribution in [0.3, 0.4) is 0 Å². The van der Waals surface area contributed by atoms with E-state index in [2.05, 4.69) is 9.72 Å². The van der Waals surface area contributed by atoms with Crippen molar-refractivity contribution >= 4 is 28.7 Å². The molecule has 0 radical (unpaired) electrons. The first-order valence-electron chi connectivity index (χ1n) is 8.45. The van der Waals surface area contributed by atoms with Crippen molar-refractivity contribution in [3.8, 4) is 11.5 Å². The number of nitrogens with zero attached hydrogens (tertiary/aromatic N) is 1. The van der Waals surface area contributed by atoms with E-state index in [1.54, 1.807) is 37.3 Å². The summed E-state index contributed by atoms with van der Waals surface area (Å²) < 4.78 is 41.4. The van der Waals surface area contributed by atoms with Gasteiger partial charge in [-0.2, -0.15) is 8.78 Å². The highest BCUT2D eigenvalue weighted by atomic mass is 19.3. The summed E-state index contributed by atoms with van der Waals surface area (Å²) in [6.45, 7) is -1.14. The molecule has 3 rings (SSSR count). The van der Waals surface area contributed by atoms with E-state index in [-0.39, 0.29) is 35.1 Å². The normalized spacial score (nSPS) is 11.8. The van der Waals surface area contributed by atoms with Crippen molar-refractivity contribution in [2.24, 2.45) is 0 Å². The Balaban J connectivity index is 2.12. The van der Waals surface area contributed by atoms with E-state index in [4.69, 9.17) is 9.15 Å². The molecule has 0 atom stereocenters. The molecule has 0 amide bonds. The van der Waals surface area contributed by atoms with E-state index < -0.39 is 19.0 Å². The number of benzene rings is 2. The average molecular weight is 388 g/mol. The number of hydrogen-bond acceptors (Lipinski definition) is 6. The number of fused-ring (bicyclic) bond motifs is 1. The Morgan fingerprint density at radius 2 is 2.04 bits per heavy atom. The maximum Gasteiger partial charge on any atom is 0.387 e. The van der Waals surface area contributed by atoms with Crippen LogP contribution in [0.15, 0.2) is 46.9 Å². The van der Waals surface area contributed by atoms with Crippen LogP contribution in [0, 0.1) is 0 Å². The molecule has 0 N–H and O–H groups in total. The molecule has 0 spiro atoms. The van der Waals surface area contributed by atoms with E-state index in [0.717, 1.165) is 0 Å². The highest BCUT2D eigenvalue weighted by Crippen LogP contribution is 2.36. The van der Waals surface area contributed by atoms with Crippen molar-refractivity contribution in [2.45, 2.75) is 20.0 Å². The summed E-state index contributed by atoms with van der Waals surface area (Å²) in [6.07, 6.45) is 0.834. The van der Waals surface area contributed by atoms with Gasteiger partial charge in [-0.1, -0.05) is 24.3 Å². The molecule has 0 unspecified atom stereocenters. The number of oxazole rings is 1.